The van der Waals surface area contributed by atoms with Crippen LogP contribution >= 0.6 is 0 Å². The minimum atomic E-state index is -0.360. The Hall–Kier alpha value is -4.00. The smallest absolute Gasteiger partial charge is 0.251 e. The number of nitrogens with one attached hydrogen (secondary N) is 2. The van der Waals surface area contributed by atoms with Crippen LogP contribution in [0.15, 0.2) is 73.1 Å². The number of amides is 2. The fraction of sp³-hybridized carbons (Fsp3) is 0.125. The molecule has 4 aromatic rings. The summed E-state index contributed by atoms with van der Waals surface area (Å²) in [6.07, 6.45) is 3.88. The van der Waals surface area contributed by atoms with Crippen molar-refractivity contribution in [2.24, 2.45) is 0 Å². The Morgan fingerprint density at radius 2 is 1.81 bits per heavy atom. The van der Waals surface area contributed by atoms with Crippen LogP contribution in [0.25, 0.3) is 5.65 Å². The van der Waals surface area contributed by atoms with Crippen molar-refractivity contribution in [3.8, 4) is 0 Å². The van der Waals surface area contributed by atoms with Crippen molar-refractivity contribution >= 4 is 23.1 Å². The first kappa shape index (κ1) is 20.3. The van der Waals surface area contributed by atoms with Gasteiger partial charge >= 0.3 is 0 Å². The van der Waals surface area contributed by atoms with Crippen LogP contribution in [0.5, 0.6) is 0 Å². The molecule has 0 unspecified atom stereocenters. The molecule has 0 aliphatic carbocycles. The van der Waals surface area contributed by atoms with E-state index in [2.05, 4.69) is 15.6 Å². The van der Waals surface area contributed by atoms with E-state index in [1.807, 2.05) is 35.9 Å². The Morgan fingerprint density at radius 1 is 1.03 bits per heavy atom. The van der Waals surface area contributed by atoms with Crippen molar-refractivity contribution in [1.82, 2.24) is 14.7 Å². The van der Waals surface area contributed by atoms with E-state index in [1.54, 1.807) is 42.5 Å². The number of fused-ring (bicyclic) bond motifs is 1. The van der Waals surface area contributed by atoms with Crippen LogP contribution in [0.4, 0.5) is 10.1 Å². The van der Waals surface area contributed by atoms with Crippen molar-refractivity contribution in [2.75, 3.05) is 5.32 Å². The molecule has 4 rings (SSSR count). The largest absolute Gasteiger partial charge is 0.348 e. The summed E-state index contributed by atoms with van der Waals surface area (Å²) in [7, 11) is 0. The van der Waals surface area contributed by atoms with Crippen LogP contribution < -0.4 is 10.6 Å². The number of hydrogen-bond acceptors (Lipinski definition) is 3. The molecule has 0 bridgehead atoms. The van der Waals surface area contributed by atoms with Crippen LogP contribution in [-0.4, -0.2) is 21.2 Å². The number of hydrogen-bond donors (Lipinski definition) is 2. The molecular weight excluding hydrogens is 395 g/mol. The number of aromatic nitrogens is 2. The number of halogens is 1. The van der Waals surface area contributed by atoms with Crippen molar-refractivity contribution in [3.63, 3.8) is 0 Å². The van der Waals surface area contributed by atoms with Crippen LogP contribution in [0, 0.1) is 12.7 Å². The van der Waals surface area contributed by atoms with Crippen LogP contribution in [-0.2, 0) is 17.8 Å². The predicted molar refractivity (Wildman–Crippen MR) is 116 cm³/mol. The van der Waals surface area contributed by atoms with Gasteiger partial charge in [-0.25, -0.2) is 9.37 Å². The number of imidazole rings is 1. The zero-order valence-corrected chi connectivity index (χ0v) is 16.9. The van der Waals surface area contributed by atoms with Gasteiger partial charge in [0.1, 0.15) is 11.5 Å². The standard InChI is InChI=1S/C24H21FN4O2/c1-16-5-4-12-29-15-20(28-23(16)29)13-22(30)27-19-10-8-17(9-11-19)24(31)26-14-18-6-2-3-7-21(18)25/h2-12,15H,13-14H2,1H3,(H,26,31)(H,27,30). The highest BCUT2D eigenvalue weighted by Crippen LogP contribution is 2.13. The van der Waals surface area contributed by atoms with Gasteiger partial charge < -0.3 is 15.0 Å². The van der Waals surface area contributed by atoms with Crippen LogP contribution in [0.1, 0.15) is 27.2 Å². The molecule has 31 heavy (non-hydrogen) atoms. The molecule has 2 N–H and O–H groups in total. The SMILES string of the molecule is Cc1cccn2cc(CC(=O)Nc3ccc(C(=O)NCc4ccccc4F)cc3)nc12. The lowest BCUT2D eigenvalue weighted by atomic mass is 10.1. The molecule has 7 heteroatoms. The summed E-state index contributed by atoms with van der Waals surface area (Å²) in [5, 5.41) is 5.50. The van der Waals surface area contributed by atoms with E-state index in [0.29, 0.717) is 22.5 Å². The average Bonchev–Trinajstić information content (AvgIpc) is 3.17. The predicted octanol–water partition coefficient (Wildman–Crippen LogP) is 3.89. The van der Waals surface area contributed by atoms with Gasteiger partial charge in [0, 0.05) is 35.8 Å². The maximum atomic E-state index is 13.7. The Bertz CT molecular complexity index is 1250. The summed E-state index contributed by atoms with van der Waals surface area (Å²) >= 11 is 0. The monoisotopic (exact) mass is 416 g/mol. The summed E-state index contributed by atoms with van der Waals surface area (Å²) in [6, 6.07) is 16.7. The Balaban J connectivity index is 1.34. The van der Waals surface area contributed by atoms with E-state index in [1.165, 1.54) is 6.07 Å². The third kappa shape index (κ3) is 4.78. The van der Waals surface area contributed by atoms with E-state index >= 15 is 0 Å². The molecule has 0 saturated heterocycles. The molecule has 0 atom stereocenters. The van der Waals surface area contributed by atoms with Gasteiger partial charge in [0.15, 0.2) is 0 Å². The maximum Gasteiger partial charge on any atom is 0.251 e. The molecule has 0 spiro atoms. The van der Waals surface area contributed by atoms with Crippen molar-refractivity contribution in [2.45, 2.75) is 19.9 Å². The number of rotatable bonds is 6. The third-order valence-corrected chi connectivity index (χ3v) is 4.90. The number of anilines is 1. The molecule has 0 fully saturated rings. The highest BCUT2D eigenvalue weighted by molar-refractivity contribution is 5.96. The molecule has 0 saturated carbocycles. The number of carbonyl (C=O) groups excluding carboxylic acids is 2. The molecular formula is C24H21FN4O2. The van der Waals surface area contributed by atoms with Gasteiger partial charge in [-0.3, -0.25) is 9.59 Å². The zero-order chi connectivity index (χ0) is 21.8. The molecule has 2 aromatic carbocycles. The van der Waals surface area contributed by atoms with Crippen molar-refractivity contribution in [3.05, 3.63) is 101 Å². The molecule has 0 aliphatic heterocycles. The summed E-state index contributed by atoms with van der Waals surface area (Å²) in [5.41, 5.74) is 3.97. The second-order valence-electron chi connectivity index (χ2n) is 7.23. The van der Waals surface area contributed by atoms with Gasteiger partial charge in [0.05, 0.1) is 12.1 Å². The van der Waals surface area contributed by atoms with Crippen molar-refractivity contribution < 1.29 is 14.0 Å². The van der Waals surface area contributed by atoms with Gasteiger partial charge in [-0.2, -0.15) is 0 Å². The van der Waals surface area contributed by atoms with Gasteiger partial charge in [-0.05, 0) is 48.9 Å². The third-order valence-electron chi connectivity index (χ3n) is 4.90. The number of nitrogens with zero attached hydrogens (tertiary/aromatic N) is 2. The first-order valence-electron chi connectivity index (χ1n) is 9.84. The summed E-state index contributed by atoms with van der Waals surface area (Å²) in [5.74, 6) is -0.874. The summed E-state index contributed by atoms with van der Waals surface area (Å²) < 4.78 is 15.6. The Morgan fingerprint density at radius 3 is 2.55 bits per heavy atom. The van der Waals surface area contributed by atoms with Crippen molar-refractivity contribution in [1.29, 1.82) is 0 Å². The molecule has 2 aromatic heterocycles. The summed E-state index contributed by atoms with van der Waals surface area (Å²) in [4.78, 5) is 29.2. The molecule has 6 nitrogen and oxygen atoms in total. The van der Waals surface area contributed by atoms with E-state index in [-0.39, 0.29) is 30.6 Å². The number of carbonyl (C=O) groups is 2. The second kappa shape index (κ2) is 8.79. The van der Waals surface area contributed by atoms with Gasteiger partial charge in [0.2, 0.25) is 5.91 Å². The first-order chi connectivity index (χ1) is 15.0. The lowest BCUT2D eigenvalue weighted by Crippen LogP contribution is -2.23. The van der Waals surface area contributed by atoms with Gasteiger partial charge in [-0.15, -0.1) is 0 Å². The quantitative estimate of drug-likeness (QED) is 0.501. The Kier molecular flexibility index (Phi) is 5.75. The normalized spacial score (nSPS) is 10.8. The lowest BCUT2D eigenvalue weighted by Gasteiger charge is -2.08. The van der Waals surface area contributed by atoms with E-state index < -0.39 is 0 Å². The van der Waals surface area contributed by atoms with E-state index in [4.69, 9.17) is 0 Å². The minimum absolute atomic E-state index is 0.0997. The number of aryl methyl sites for hydroxylation is 1. The lowest BCUT2D eigenvalue weighted by molar-refractivity contribution is -0.115. The maximum absolute atomic E-state index is 13.7. The molecule has 0 aliphatic rings. The number of pyridine rings is 1. The molecule has 2 amide bonds. The van der Waals surface area contributed by atoms with E-state index in [0.717, 1.165) is 11.2 Å². The second-order valence-corrected chi connectivity index (χ2v) is 7.23. The van der Waals surface area contributed by atoms with E-state index in [9.17, 15) is 14.0 Å². The highest BCUT2D eigenvalue weighted by Gasteiger charge is 2.11. The van der Waals surface area contributed by atoms with Gasteiger partial charge in [0.25, 0.3) is 5.91 Å². The minimum Gasteiger partial charge on any atom is -0.348 e. The highest BCUT2D eigenvalue weighted by atomic mass is 19.1. The zero-order valence-electron chi connectivity index (χ0n) is 16.9. The molecule has 0 radical (unpaired) electrons. The fourth-order valence-corrected chi connectivity index (χ4v) is 3.28. The number of benzene rings is 2. The molecule has 2 heterocycles. The van der Waals surface area contributed by atoms with Gasteiger partial charge in [-0.1, -0.05) is 24.3 Å². The van der Waals surface area contributed by atoms with Crippen LogP contribution in [0.3, 0.4) is 0 Å². The fourth-order valence-electron chi connectivity index (χ4n) is 3.28. The Labute approximate surface area is 178 Å². The molecule has 156 valence electrons. The topological polar surface area (TPSA) is 75.5 Å². The first-order valence-corrected chi connectivity index (χ1v) is 9.84. The summed E-state index contributed by atoms with van der Waals surface area (Å²) in [6.45, 7) is 2.07. The average molecular weight is 416 g/mol. The van der Waals surface area contributed by atoms with Crippen LogP contribution in [0.2, 0.25) is 0 Å².